The highest BCUT2D eigenvalue weighted by Crippen LogP contribution is 2.18. The molecule has 4 N–H and O–H groups in total. The Kier molecular flexibility index (Phi) is 48.3. The monoisotopic (exact) mass is 498 g/mol. The fraction of sp³-hybridized carbons (Fsp3) is 0.833. The minimum atomic E-state index is -0.863. The molecule has 1 unspecified atom stereocenters. The molecule has 0 spiro atoms. The molecule has 0 aromatic rings. The lowest BCUT2D eigenvalue weighted by Crippen LogP contribution is -2.34. The molecule has 0 amide bonds. The minimum absolute atomic E-state index is 0.00214. The second-order valence-electron chi connectivity index (χ2n) is 6.25. The van der Waals surface area contributed by atoms with Gasteiger partial charge in [-0.15, -0.1) is 0 Å². The van der Waals surface area contributed by atoms with Crippen molar-refractivity contribution in [2.75, 3.05) is 38.7 Å². The third-order valence-electron chi connectivity index (χ3n) is 2.49. The molecular formula is C24H54N2O6S. The maximum atomic E-state index is 10.3. The summed E-state index contributed by atoms with van der Waals surface area (Å²) >= 11 is 1.11. The van der Waals surface area contributed by atoms with Crippen LogP contribution in [0.3, 0.4) is 0 Å². The van der Waals surface area contributed by atoms with Crippen LogP contribution in [0.15, 0.2) is 12.0 Å². The summed E-state index contributed by atoms with van der Waals surface area (Å²) < 4.78 is 18.6. The molecule has 202 valence electrons. The van der Waals surface area contributed by atoms with Crippen LogP contribution in [-0.4, -0.2) is 61.7 Å². The number of carboxylic acid groups (broad SMARTS) is 1. The average Bonchev–Trinajstić information content (AvgIpc) is 2.79. The first-order chi connectivity index (χ1) is 15.7. The number of Topliss-reactive ketones (excluding diaryl/α,β-unsaturated/α-hetero) is 1. The SMILES string of the molecule is CC.CC.CC.CC(C)C.CCC(C)=O.NCCOCCOCC1OC=C1NSCC(=O)O. The van der Waals surface area contributed by atoms with Gasteiger partial charge in [-0.1, -0.05) is 69.2 Å². The van der Waals surface area contributed by atoms with E-state index in [9.17, 15) is 9.59 Å². The van der Waals surface area contributed by atoms with E-state index in [2.05, 4.69) is 25.5 Å². The van der Waals surface area contributed by atoms with Gasteiger partial charge in [-0.2, -0.15) is 0 Å². The molecule has 1 aliphatic heterocycles. The van der Waals surface area contributed by atoms with Crippen molar-refractivity contribution in [3.63, 3.8) is 0 Å². The third-order valence-corrected chi connectivity index (χ3v) is 3.26. The van der Waals surface area contributed by atoms with Crippen molar-refractivity contribution in [2.24, 2.45) is 11.7 Å². The van der Waals surface area contributed by atoms with Crippen molar-refractivity contribution in [1.82, 2.24) is 4.72 Å². The molecular weight excluding hydrogens is 444 g/mol. The van der Waals surface area contributed by atoms with Crippen molar-refractivity contribution < 1.29 is 28.9 Å². The number of carbonyl (C=O) groups excluding carboxylic acids is 1. The van der Waals surface area contributed by atoms with E-state index in [0.29, 0.717) is 39.4 Å². The number of aliphatic carboxylic acids is 1. The largest absolute Gasteiger partial charge is 0.487 e. The smallest absolute Gasteiger partial charge is 0.315 e. The molecule has 1 aliphatic rings. The van der Waals surface area contributed by atoms with Crippen molar-refractivity contribution in [1.29, 1.82) is 0 Å². The molecule has 8 nitrogen and oxygen atoms in total. The molecule has 0 saturated heterocycles. The van der Waals surface area contributed by atoms with Crippen LogP contribution in [0.5, 0.6) is 0 Å². The normalized spacial score (nSPS) is 12.4. The molecule has 9 heteroatoms. The summed E-state index contributed by atoms with van der Waals surface area (Å²) in [4.78, 5) is 20.1. The van der Waals surface area contributed by atoms with Crippen LogP contribution in [0.25, 0.3) is 0 Å². The van der Waals surface area contributed by atoms with Crippen LogP contribution in [0, 0.1) is 5.92 Å². The van der Waals surface area contributed by atoms with Gasteiger partial charge in [-0.3, -0.25) is 4.79 Å². The van der Waals surface area contributed by atoms with Gasteiger partial charge in [-0.25, -0.2) is 0 Å². The number of nitrogens with one attached hydrogen (secondary N) is 1. The number of nitrogens with two attached hydrogens (primary N) is 1. The predicted octanol–water partition coefficient (Wildman–Crippen LogP) is 5.27. The van der Waals surface area contributed by atoms with Gasteiger partial charge < -0.3 is 34.6 Å². The van der Waals surface area contributed by atoms with Gasteiger partial charge in [0, 0.05) is 13.0 Å². The standard InChI is InChI=1S/C10H18N2O5S.C4H8O.C4H10.3C2H6/c11-1-2-15-3-4-16-6-9-8(5-17-9)12-18-7-10(13)14;1-3-4(2)5;1-4(2)3;3*1-2/h5,9,12H,1-4,6-7,11H2,(H,13,14);3H2,1-2H3;4H,1-3H3;3*1-2H3. The van der Waals surface area contributed by atoms with Crippen LogP contribution >= 0.6 is 11.9 Å². The van der Waals surface area contributed by atoms with Crippen LogP contribution in [0.4, 0.5) is 0 Å². The Morgan fingerprint density at radius 3 is 1.88 bits per heavy atom. The summed E-state index contributed by atoms with van der Waals surface area (Å²) in [6, 6.07) is 0. The fourth-order valence-electron chi connectivity index (χ4n) is 1.13. The number of rotatable bonds is 12. The highest BCUT2D eigenvalue weighted by atomic mass is 32.2. The van der Waals surface area contributed by atoms with Crippen LogP contribution in [0.2, 0.25) is 0 Å². The second-order valence-corrected chi connectivity index (χ2v) is 7.03. The highest BCUT2D eigenvalue weighted by Gasteiger charge is 2.23. The number of hydrogen-bond donors (Lipinski definition) is 3. The van der Waals surface area contributed by atoms with E-state index in [-0.39, 0.29) is 17.6 Å². The van der Waals surface area contributed by atoms with Crippen LogP contribution in [-0.2, 0) is 23.8 Å². The summed E-state index contributed by atoms with van der Waals surface area (Å²) in [5.41, 5.74) is 6.10. The van der Waals surface area contributed by atoms with Gasteiger partial charge in [0.15, 0.2) is 6.10 Å². The lowest BCUT2D eigenvalue weighted by Gasteiger charge is -2.27. The maximum Gasteiger partial charge on any atom is 0.315 e. The minimum Gasteiger partial charge on any atom is -0.487 e. The zero-order valence-electron chi connectivity index (χ0n) is 23.2. The van der Waals surface area contributed by atoms with Gasteiger partial charge in [0.2, 0.25) is 0 Å². The first kappa shape index (κ1) is 41.9. The topological polar surface area (TPSA) is 120 Å². The first-order valence-electron chi connectivity index (χ1n) is 12.0. The maximum absolute atomic E-state index is 10.3. The van der Waals surface area contributed by atoms with E-state index < -0.39 is 5.97 Å². The van der Waals surface area contributed by atoms with E-state index in [1.807, 2.05) is 48.5 Å². The lowest BCUT2D eigenvalue weighted by molar-refractivity contribution is -0.133. The molecule has 0 radical (unpaired) electrons. The Morgan fingerprint density at radius 1 is 1.09 bits per heavy atom. The van der Waals surface area contributed by atoms with Gasteiger partial charge >= 0.3 is 5.97 Å². The fourth-order valence-corrected chi connectivity index (χ4v) is 1.67. The summed E-state index contributed by atoms with van der Waals surface area (Å²) in [7, 11) is 0. The number of ether oxygens (including phenoxy) is 3. The van der Waals surface area contributed by atoms with E-state index in [4.69, 9.17) is 25.1 Å². The number of carboxylic acids is 1. The molecule has 1 rings (SSSR count). The van der Waals surface area contributed by atoms with Crippen molar-refractivity contribution >= 4 is 23.7 Å². The number of carbonyl (C=O) groups is 2. The molecule has 1 heterocycles. The summed E-state index contributed by atoms with van der Waals surface area (Å²) in [5.74, 6) is 0.223. The molecule has 0 aromatic heterocycles. The van der Waals surface area contributed by atoms with E-state index in [1.54, 1.807) is 13.2 Å². The van der Waals surface area contributed by atoms with E-state index in [0.717, 1.165) is 23.6 Å². The van der Waals surface area contributed by atoms with Crippen molar-refractivity contribution in [3.05, 3.63) is 12.0 Å². The van der Waals surface area contributed by atoms with Gasteiger partial charge in [0.25, 0.3) is 0 Å². The molecule has 0 aromatic carbocycles. The van der Waals surface area contributed by atoms with Gasteiger partial charge in [-0.05, 0) is 24.8 Å². The summed E-state index contributed by atoms with van der Waals surface area (Å²) in [6.45, 7) is 24.4. The van der Waals surface area contributed by atoms with Gasteiger partial charge in [0.1, 0.15) is 17.8 Å². The lowest BCUT2D eigenvalue weighted by atomic mass is 10.2. The Bertz CT molecular complexity index is 419. The van der Waals surface area contributed by atoms with Gasteiger partial charge in [0.05, 0.1) is 32.1 Å². The number of ketones is 1. The number of hydrogen-bond acceptors (Lipinski definition) is 8. The molecule has 33 heavy (non-hydrogen) atoms. The predicted molar refractivity (Wildman–Crippen MR) is 142 cm³/mol. The van der Waals surface area contributed by atoms with E-state index in [1.165, 1.54) is 0 Å². The molecule has 1 atom stereocenters. The zero-order valence-corrected chi connectivity index (χ0v) is 24.0. The Balaban J connectivity index is -0.000000144. The average molecular weight is 499 g/mol. The summed E-state index contributed by atoms with van der Waals surface area (Å²) in [6.07, 6.45) is 2.06. The Labute approximate surface area is 208 Å². The second kappa shape index (κ2) is 38.0. The first-order valence-corrected chi connectivity index (χ1v) is 13.0. The highest BCUT2D eigenvalue weighted by molar-refractivity contribution is 7.98. The van der Waals surface area contributed by atoms with Crippen LogP contribution in [0.1, 0.15) is 82.6 Å². The third kappa shape index (κ3) is 45.0. The molecule has 0 aliphatic carbocycles. The quantitative estimate of drug-likeness (QED) is 0.244. The molecule has 0 bridgehead atoms. The Hall–Kier alpha value is -1.29. The van der Waals surface area contributed by atoms with Crippen molar-refractivity contribution in [2.45, 2.75) is 88.7 Å². The summed E-state index contributed by atoms with van der Waals surface area (Å²) in [5, 5.41) is 8.47. The van der Waals surface area contributed by atoms with E-state index >= 15 is 0 Å². The molecule has 0 saturated carbocycles. The Morgan fingerprint density at radius 2 is 1.55 bits per heavy atom. The molecule has 0 fully saturated rings. The van der Waals surface area contributed by atoms with Crippen LogP contribution < -0.4 is 10.5 Å². The van der Waals surface area contributed by atoms with Crippen molar-refractivity contribution in [3.8, 4) is 0 Å². The zero-order chi connectivity index (χ0) is 27.1.